The number of fused-ring (bicyclic) bond motifs is 3. The van der Waals surface area contributed by atoms with Gasteiger partial charge < -0.3 is 9.73 Å². The SMILES string of the molecule is O=C(Nc1cccc2c1C(=O)c1ccccc1C2=O)c1cc2ccccc2o1. The third kappa shape index (κ3) is 2.37. The molecule has 0 fully saturated rings. The smallest absolute Gasteiger partial charge is 0.291 e. The highest BCUT2D eigenvalue weighted by molar-refractivity contribution is 6.30. The number of rotatable bonds is 2. The van der Waals surface area contributed by atoms with Gasteiger partial charge in [-0.3, -0.25) is 14.4 Å². The Bertz CT molecular complexity index is 1270. The fourth-order valence-corrected chi connectivity index (χ4v) is 3.53. The molecular formula is C23H13NO4. The predicted molar refractivity (Wildman–Crippen MR) is 104 cm³/mol. The molecule has 1 aliphatic carbocycles. The quantitative estimate of drug-likeness (QED) is 0.500. The maximum absolute atomic E-state index is 13.0. The van der Waals surface area contributed by atoms with E-state index in [9.17, 15) is 14.4 Å². The molecule has 28 heavy (non-hydrogen) atoms. The van der Waals surface area contributed by atoms with Gasteiger partial charge in [0.15, 0.2) is 17.3 Å². The van der Waals surface area contributed by atoms with Crippen molar-refractivity contribution in [2.24, 2.45) is 0 Å². The Morgan fingerprint density at radius 2 is 1.43 bits per heavy atom. The molecule has 1 aliphatic rings. The van der Waals surface area contributed by atoms with Gasteiger partial charge in [-0.25, -0.2) is 0 Å². The Labute approximate surface area is 159 Å². The highest BCUT2D eigenvalue weighted by Gasteiger charge is 2.31. The monoisotopic (exact) mass is 367 g/mol. The number of nitrogens with one attached hydrogen (secondary N) is 1. The fourth-order valence-electron chi connectivity index (χ4n) is 3.53. The van der Waals surface area contributed by atoms with E-state index in [4.69, 9.17) is 4.42 Å². The van der Waals surface area contributed by atoms with Gasteiger partial charge >= 0.3 is 0 Å². The van der Waals surface area contributed by atoms with Gasteiger partial charge in [0, 0.05) is 22.1 Å². The standard InChI is InChI=1S/C23H13NO4/c25-21-14-7-2-3-8-15(14)22(26)20-16(21)9-5-10-17(20)24-23(27)19-12-13-6-1-4-11-18(13)28-19/h1-12H,(H,24,27). The summed E-state index contributed by atoms with van der Waals surface area (Å²) in [6, 6.07) is 20.5. The molecule has 0 spiro atoms. The van der Waals surface area contributed by atoms with E-state index in [1.807, 2.05) is 18.2 Å². The second-order valence-electron chi connectivity index (χ2n) is 6.53. The van der Waals surface area contributed by atoms with Gasteiger partial charge in [-0.05, 0) is 18.2 Å². The van der Waals surface area contributed by atoms with E-state index in [0.29, 0.717) is 16.7 Å². The van der Waals surface area contributed by atoms with Crippen molar-refractivity contribution in [3.63, 3.8) is 0 Å². The average Bonchev–Trinajstić information content (AvgIpc) is 3.16. The molecule has 0 radical (unpaired) electrons. The average molecular weight is 367 g/mol. The first-order valence-electron chi connectivity index (χ1n) is 8.75. The predicted octanol–water partition coefficient (Wildman–Crippen LogP) is 4.46. The number of para-hydroxylation sites is 1. The van der Waals surface area contributed by atoms with Crippen molar-refractivity contribution in [3.8, 4) is 0 Å². The number of carbonyl (C=O) groups is 3. The van der Waals surface area contributed by atoms with Crippen LogP contribution in [0.25, 0.3) is 11.0 Å². The van der Waals surface area contributed by atoms with Crippen molar-refractivity contribution < 1.29 is 18.8 Å². The molecule has 0 unspecified atom stereocenters. The molecule has 0 bridgehead atoms. The lowest BCUT2D eigenvalue weighted by atomic mass is 9.83. The van der Waals surface area contributed by atoms with E-state index < -0.39 is 5.91 Å². The van der Waals surface area contributed by atoms with E-state index in [1.165, 1.54) is 0 Å². The molecule has 4 aromatic rings. The first-order chi connectivity index (χ1) is 13.6. The second kappa shape index (κ2) is 6.03. The normalized spacial score (nSPS) is 12.6. The summed E-state index contributed by atoms with van der Waals surface area (Å²) in [4.78, 5) is 38.5. The topological polar surface area (TPSA) is 76.4 Å². The summed E-state index contributed by atoms with van der Waals surface area (Å²) >= 11 is 0. The molecule has 0 saturated heterocycles. The Morgan fingerprint density at radius 1 is 0.750 bits per heavy atom. The van der Waals surface area contributed by atoms with Crippen LogP contribution in [0.15, 0.2) is 77.2 Å². The highest BCUT2D eigenvalue weighted by Crippen LogP contribution is 2.32. The van der Waals surface area contributed by atoms with Gasteiger partial charge in [0.1, 0.15) is 5.58 Å². The zero-order chi connectivity index (χ0) is 19.3. The van der Waals surface area contributed by atoms with Crippen molar-refractivity contribution >= 4 is 34.1 Å². The van der Waals surface area contributed by atoms with Crippen LogP contribution in [0.3, 0.4) is 0 Å². The summed E-state index contributed by atoms with van der Waals surface area (Å²) in [5.74, 6) is -0.867. The Balaban J connectivity index is 1.56. The van der Waals surface area contributed by atoms with E-state index in [2.05, 4.69) is 5.32 Å². The summed E-state index contributed by atoms with van der Waals surface area (Å²) in [7, 11) is 0. The van der Waals surface area contributed by atoms with Gasteiger partial charge in [0.05, 0.1) is 11.3 Å². The Kier molecular flexibility index (Phi) is 3.49. The largest absolute Gasteiger partial charge is 0.451 e. The van der Waals surface area contributed by atoms with Crippen LogP contribution in [0.2, 0.25) is 0 Å². The van der Waals surface area contributed by atoms with Crippen molar-refractivity contribution in [2.45, 2.75) is 0 Å². The molecule has 5 rings (SSSR count). The van der Waals surface area contributed by atoms with Gasteiger partial charge in [-0.1, -0.05) is 54.6 Å². The number of amides is 1. The summed E-state index contributed by atoms with van der Waals surface area (Å²) in [5.41, 5.74) is 2.09. The van der Waals surface area contributed by atoms with E-state index in [-0.39, 0.29) is 34.1 Å². The number of hydrogen-bond donors (Lipinski definition) is 1. The van der Waals surface area contributed by atoms with Crippen LogP contribution < -0.4 is 5.32 Å². The van der Waals surface area contributed by atoms with E-state index in [0.717, 1.165) is 5.39 Å². The first-order valence-corrected chi connectivity index (χ1v) is 8.75. The molecule has 1 heterocycles. The lowest BCUT2D eigenvalue weighted by Gasteiger charge is -2.20. The molecule has 0 saturated carbocycles. The van der Waals surface area contributed by atoms with Gasteiger partial charge in [-0.2, -0.15) is 0 Å². The molecule has 5 nitrogen and oxygen atoms in total. The molecule has 5 heteroatoms. The molecule has 0 aliphatic heterocycles. The third-order valence-corrected chi connectivity index (χ3v) is 4.85. The summed E-state index contributed by atoms with van der Waals surface area (Å²) in [6.07, 6.45) is 0. The summed E-state index contributed by atoms with van der Waals surface area (Å²) in [6.45, 7) is 0. The minimum Gasteiger partial charge on any atom is -0.451 e. The number of furan rings is 1. The molecule has 1 amide bonds. The van der Waals surface area contributed by atoms with Gasteiger partial charge in [-0.15, -0.1) is 0 Å². The number of ketones is 2. The van der Waals surface area contributed by atoms with Crippen molar-refractivity contribution in [2.75, 3.05) is 5.32 Å². The molecule has 0 atom stereocenters. The number of anilines is 1. The van der Waals surface area contributed by atoms with Crippen LogP contribution in [-0.2, 0) is 0 Å². The van der Waals surface area contributed by atoms with Crippen LogP contribution in [0.1, 0.15) is 42.4 Å². The zero-order valence-electron chi connectivity index (χ0n) is 14.6. The Morgan fingerprint density at radius 3 is 2.21 bits per heavy atom. The molecule has 3 aromatic carbocycles. The molecule has 1 aromatic heterocycles. The first kappa shape index (κ1) is 16.2. The van der Waals surface area contributed by atoms with Crippen LogP contribution >= 0.6 is 0 Å². The van der Waals surface area contributed by atoms with Crippen LogP contribution in [0.5, 0.6) is 0 Å². The van der Waals surface area contributed by atoms with E-state index >= 15 is 0 Å². The maximum Gasteiger partial charge on any atom is 0.291 e. The number of benzene rings is 3. The van der Waals surface area contributed by atoms with Gasteiger partial charge in [0.25, 0.3) is 5.91 Å². The highest BCUT2D eigenvalue weighted by atomic mass is 16.3. The van der Waals surface area contributed by atoms with Crippen molar-refractivity contribution in [1.82, 2.24) is 0 Å². The minimum absolute atomic E-state index is 0.133. The maximum atomic E-state index is 13.0. The van der Waals surface area contributed by atoms with Crippen molar-refractivity contribution in [3.05, 3.63) is 101 Å². The third-order valence-electron chi connectivity index (χ3n) is 4.85. The lowest BCUT2D eigenvalue weighted by molar-refractivity contribution is 0.0977. The molecular weight excluding hydrogens is 354 g/mol. The lowest BCUT2D eigenvalue weighted by Crippen LogP contribution is -2.23. The Hall–Kier alpha value is -3.99. The fraction of sp³-hybridized carbons (Fsp3) is 0. The second-order valence-corrected chi connectivity index (χ2v) is 6.53. The summed E-state index contributed by atoms with van der Waals surface area (Å²) < 4.78 is 5.59. The van der Waals surface area contributed by atoms with Crippen molar-refractivity contribution in [1.29, 1.82) is 0 Å². The minimum atomic E-state index is -0.483. The van der Waals surface area contributed by atoms with Crippen LogP contribution in [0, 0.1) is 0 Å². The zero-order valence-corrected chi connectivity index (χ0v) is 14.6. The van der Waals surface area contributed by atoms with Crippen LogP contribution in [0.4, 0.5) is 5.69 Å². The summed E-state index contributed by atoms with van der Waals surface area (Å²) in [5, 5.41) is 3.53. The molecule has 134 valence electrons. The van der Waals surface area contributed by atoms with E-state index in [1.54, 1.807) is 54.6 Å². The molecule has 1 N–H and O–H groups in total. The van der Waals surface area contributed by atoms with Gasteiger partial charge in [0.2, 0.25) is 0 Å². The number of carbonyl (C=O) groups excluding carboxylic acids is 3. The van der Waals surface area contributed by atoms with Crippen LogP contribution in [-0.4, -0.2) is 17.5 Å². The number of hydrogen-bond acceptors (Lipinski definition) is 4.